The molecule has 8 aromatic carbocycles. The van der Waals surface area contributed by atoms with E-state index in [-0.39, 0.29) is 0 Å². The molecular weight excluding hydrogens is 639 g/mol. The Bertz CT molecular complexity index is 2860. The van der Waals surface area contributed by atoms with Crippen LogP contribution in [0.25, 0.3) is 98.1 Å². The minimum absolute atomic E-state index is 0.638. The molecule has 4 heteroatoms. The molecule has 0 aliphatic carbocycles. The Kier molecular flexibility index (Phi) is 7.00. The molecule has 0 spiro atoms. The fourth-order valence-electron chi connectivity index (χ4n) is 7.27. The zero-order valence-corrected chi connectivity index (χ0v) is 28.3. The van der Waals surface area contributed by atoms with E-state index in [1.807, 2.05) is 47.7 Å². The molecule has 2 aromatic heterocycles. The molecule has 0 aliphatic heterocycles. The van der Waals surface area contributed by atoms with E-state index >= 15 is 0 Å². The number of hydrogen-bond acceptors (Lipinski definition) is 4. The highest BCUT2D eigenvalue weighted by Crippen LogP contribution is 2.43. The highest BCUT2D eigenvalue weighted by molar-refractivity contribution is 7.26. The molecular formula is C47H29N3S. The molecule has 3 nitrogen and oxygen atoms in total. The summed E-state index contributed by atoms with van der Waals surface area (Å²) in [4.78, 5) is 15.3. The van der Waals surface area contributed by atoms with Gasteiger partial charge in [0.25, 0.3) is 0 Å². The number of thiophene rings is 1. The zero-order chi connectivity index (χ0) is 33.7. The lowest BCUT2D eigenvalue weighted by Crippen LogP contribution is -2.00. The van der Waals surface area contributed by atoms with Crippen LogP contribution in [0.15, 0.2) is 176 Å². The van der Waals surface area contributed by atoms with Crippen molar-refractivity contribution in [3.05, 3.63) is 176 Å². The second-order valence-corrected chi connectivity index (χ2v) is 13.9. The highest BCUT2D eigenvalue weighted by Gasteiger charge is 2.18. The molecule has 0 aliphatic rings. The van der Waals surface area contributed by atoms with Gasteiger partial charge < -0.3 is 0 Å². The van der Waals surface area contributed by atoms with E-state index in [4.69, 9.17) is 15.0 Å². The van der Waals surface area contributed by atoms with Crippen LogP contribution in [-0.2, 0) is 0 Å². The topological polar surface area (TPSA) is 38.7 Å². The van der Waals surface area contributed by atoms with Gasteiger partial charge in [-0.15, -0.1) is 11.3 Å². The Hall–Kier alpha value is -6.49. The number of hydrogen-bond donors (Lipinski definition) is 0. The van der Waals surface area contributed by atoms with Crippen molar-refractivity contribution in [2.45, 2.75) is 0 Å². The summed E-state index contributed by atoms with van der Waals surface area (Å²) in [6.07, 6.45) is 0. The first-order chi connectivity index (χ1) is 25.3. The summed E-state index contributed by atoms with van der Waals surface area (Å²) in [5.74, 6) is 1.93. The molecule has 10 aromatic rings. The summed E-state index contributed by atoms with van der Waals surface area (Å²) >= 11 is 1.85. The Morgan fingerprint density at radius 3 is 1.53 bits per heavy atom. The molecule has 2 heterocycles. The molecule has 51 heavy (non-hydrogen) atoms. The van der Waals surface area contributed by atoms with Crippen LogP contribution in [0.4, 0.5) is 0 Å². The van der Waals surface area contributed by atoms with Crippen molar-refractivity contribution in [2.75, 3.05) is 0 Å². The normalized spacial score (nSPS) is 11.5. The van der Waals surface area contributed by atoms with Gasteiger partial charge in [-0.3, -0.25) is 0 Å². The van der Waals surface area contributed by atoms with Crippen LogP contribution in [0.1, 0.15) is 0 Å². The maximum absolute atomic E-state index is 5.16. The van der Waals surface area contributed by atoms with Gasteiger partial charge in [0.15, 0.2) is 17.5 Å². The fourth-order valence-corrected chi connectivity index (χ4v) is 8.51. The van der Waals surface area contributed by atoms with Crippen molar-refractivity contribution in [1.82, 2.24) is 15.0 Å². The third kappa shape index (κ3) is 5.16. The summed E-state index contributed by atoms with van der Waals surface area (Å²) < 4.78 is 2.56. The number of fused-ring (bicyclic) bond motifs is 6. The third-order valence-electron chi connectivity index (χ3n) is 9.68. The van der Waals surface area contributed by atoms with Gasteiger partial charge in [0.1, 0.15) is 0 Å². The predicted molar refractivity (Wildman–Crippen MR) is 215 cm³/mol. The van der Waals surface area contributed by atoms with Crippen molar-refractivity contribution in [1.29, 1.82) is 0 Å². The second kappa shape index (κ2) is 12.1. The minimum Gasteiger partial charge on any atom is -0.208 e. The molecule has 238 valence electrons. The molecule has 0 saturated heterocycles. The second-order valence-electron chi connectivity index (χ2n) is 12.8. The average molecular weight is 668 g/mol. The van der Waals surface area contributed by atoms with Gasteiger partial charge in [-0.2, -0.15) is 0 Å². The van der Waals surface area contributed by atoms with Crippen molar-refractivity contribution in [2.24, 2.45) is 0 Å². The van der Waals surface area contributed by atoms with Gasteiger partial charge in [0, 0.05) is 36.9 Å². The number of rotatable bonds is 5. The van der Waals surface area contributed by atoms with Crippen molar-refractivity contribution in [3.63, 3.8) is 0 Å². The zero-order valence-electron chi connectivity index (χ0n) is 27.5. The molecule has 0 saturated carbocycles. The maximum atomic E-state index is 5.16. The summed E-state index contributed by atoms with van der Waals surface area (Å²) in [5.41, 5.74) is 7.45. The van der Waals surface area contributed by atoms with E-state index in [9.17, 15) is 0 Å². The van der Waals surface area contributed by atoms with Crippen LogP contribution in [0, 0.1) is 0 Å². The average Bonchev–Trinajstić information content (AvgIpc) is 3.60. The summed E-state index contributed by atoms with van der Waals surface area (Å²) in [7, 11) is 0. The lowest BCUT2D eigenvalue weighted by molar-refractivity contribution is 1.07. The van der Waals surface area contributed by atoms with Gasteiger partial charge in [0.05, 0.1) is 0 Å². The smallest absolute Gasteiger partial charge is 0.164 e. The minimum atomic E-state index is 0.638. The Morgan fingerprint density at radius 1 is 0.314 bits per heavy atom. The molecule has 10 rings (SSSR count). The first-order valence-electron chi connectivity index (χ1n) is 17.1. The molecule has 0 radical (unpaired) electrons. The van der Waals surface area contributed by atoms with Crippen LogP contribution in [-0.4, -0.2) is 15.0 Å². The monoisotopic (exact) mass is 667 g/mol. The summed E-state index contributed by atoms with van der Waals surface area (Å²) in [5, 5.41) is 7.47. The largest absolute Gasteiger partial charge is 0.208 e. The highest BCUT2D eigenvalue weighted by atomic mass is 32.1. The van der Waals surface area contributed by atoms with E-state index < -0.39 is 0 Å². The number of aromatic nitrogens is 3. The lowest BCUT2D eigenvalue weighted by Gasteiger charge is -2.15. The van der Waals surface area contributed by atoms with Gasteiger partial charge in [-0.25, -0.2) is 15.0 Å². The van der Waals surface area contributed by atoms with Crippen LogP contribution >= 0.6 is 11.3 Å². The van der Waals surface area contributed by atoms with Gasteiger partial charge in [0.2, 0.25) is 0 Å². The third-order valence-corrected chi connectivity index (χ3v) is 10.9. The van der Waals surface area contributed by atoms with Crippen molar-refractivity contribution >= 4 is 53.1 Å². The Balaban J connectivity index is 1.28. The van der Waals surface area contributed by atoms with Gasteiger partial charge >= 0.3 is 0 Å². The maximum Gasteiger partial charge on any atom is 0.164 e. The van der Waals surface area contributed by atoms with Crippen LogP contribution in [0.5, 0.6) is 0 Å². The standard InChI is InChI=1S/C47H29N3S/c1-3-14-30(15-4-1)45-48-46(31-16-5-2-6-17-31)50-47(49-45)35-27-33(37-23-13-24-41-40-22-11-12-25-43(40)51-44(37)41)26-34(28-35)42-29-32-18-7-8-19-36(32)38-20-9-10-21-39(38)42/h1-29H. The SMILES string of the molecule is c1ccc(-c2nc(-c3ccccc3)nc(-c3cc(-c4cc5ccccc5c5ccccc45)cc(-c4cccc5c4sc4ccccc45)c3)n2)cc1. The predicted octanol–water partition coefficient (Wildman–Crippen LogP) is 12.9. The number of benzene rings is 8. The van der Waals surface area contributed by atoms with Gasteiger partial charge in [-0.1, -0.05) is 146 Å². The molecule has 0 bridgehead atoms. The van der Waals surface area contributed by atoms with E-state index in [1.165, 1.54) is 52.8 Å². The van der Waals surface area contributed by atoms with Crippen LogP contribution < -0.4 is 0 Å². The van der Waals surface area contributed by atoms with Crippen LogP contribution in [0.2, 0.25) is 0 Å². The first kappa shape index (κ1) is 29.4. The van der Waals surface area contributed by atoms with Gasteiger partial charge in [-0.05, 0) is 74.1 Å². The Morgan fingerprint density at radius 2 is 0.824 bits per heavy atom. The summed E-state index contributed by atoms with van der Waals surface area (Å²) in [6, 6.07) is 62.3. The quantitative estimate of drug-likeness (QED) is 0.171. The van der Waals surface area contributed by atoms with Crippen LogP contribution in [0.3, 0.4) is 0 Å². The molecule has 0 atom stereocenters. The van der Waals surface area contributed by atoms with E-state index in [0.29, 0.717) is 17.5 Å². The fraction of sp³-hybridized carbons (Fsp3) is 0. The van der Waals surface area contributed by atoms with E-state index in [1.54, 1.807) is 0 Å². The lowest BCUT2D eigenvalue weighted by atomic mass is 9.90. The molecule has 0 fully saturated rings. The summed E-state index contributed by atoms with van der Waals surface area (Å²) in [6.45, 7) is 0. The first-order valence-corrected chi connectivity index (χ1v) is 17.9. The van der Waals surface area contributed by atoms with Crippen molar-refractivity contribution in [3.8, 4) is 56.4 Å². The molecule has 0 amide bonds. The van der Waals surface area contributed by atoms with E-state index in [0.717, 1.165) is 27.8 Å². The Labute approximate surface area is 299 Å². The molecule has 0 N–H and O–H groups in total. The molecule has 0 unspecified atom stereocenters. The van der Waals surface area contributed by atoms with Crippen molar-refractivity contribution < 1.29 is 0 Å². The number of nitrogens with zero attached hydrogens (tertiary/aromatic N) is 3. The van der Waals surface area contributed by atoms with E-state index in [2.05, 4.69) is 140 Å².